The summed E-state index contributed by atoms with van der Waals surface area (Å²) in [6.07, 6.45) is 0. The first-order valence-electron chi connectivity index (χ1n) is 23.1. The number of furan rings is 1. The van der Waals surface area contributed by atoms with Gasteiger partial charge in [-0.3, -0.25) is 0 Å². The molecule has 1 aromatic heterocycles. The molecule has 11 aromatic carbocycles. The molecule has 0 N–H and O–H groups in total. The number of hydrogen-bond donors (Lipinski definition) is 0. The van der Waals surface area contributed by atoms with Crippen molar-refractivity contribution in [1.82, 2.24) is 0 Å². The second-order valence-electron chi connectivity index (χ2n) is 17.5. The molecule has 0 bridgehead atoms. The van der Waals surface area contributed by atoms with E-state index >= 15 is 0 Å². The smallest absolute Gasteiger partial charge is 0.143 e. The van der Waals surface area contributed by atoms with Gasteiger partial charge in [0, 0.05) is 33.3 Å². The lowest BCUT2D eigenvalue weighted by Gasteiger charge is -2.34. The Balaban J connectivity index is 0.993. The van der Waals surface area contributed by atoms with Crippen molar-refractivity contribution in [2.24, 2.45) is 0 Å². The lowest BCUT2D eigenvalue weighted by Crippen LogP contribution is -2.28. The number of rotatable bonds is 8. The number of anilines is 3. The quantitative estimate of drug-likeness (QED) is 0.151. The predicted octanol–water partition coefficient (Wildman–Crippen LogP) is 17.6. The van der Waals surface area contributed by atoms with E-state index in [1.807, 2.05) is 6.07 Å². The van der Waals surface area contributed by atoms with Crippen LogP contribution < -0.4 is 4.90 Å². The van der Waals surface area contributed by atoms with Crippen molar-refractivity contribution in [3.05, 3.63) is 283 Å². The van der Waals surface area contributed by atoms with Crippen LogP contribution in [0.25, 0.3) is 77.2 Å². The van der Waals surface area contributed by atoms with E-state index < -0.39 is 5.41 Å². The maximum absolute atomic E-state index is 6.61. The molecule has 0 saturated heterocycles. The average molecular weight is 854 g/mol. The van der Waals surface area contributed by atoms with Crippen LogP contribution in [0.4, 0.5) is 17.1 Å². The summed E-state index contributed by atoms with van der Waals surface area (Å²) in [6.45, 7) is 0. The normalized spacial score (nSPS) is 12.6. The molecule has 1 heterocycles. The van der Waals surface area contributed by atoms with Gasteiger partial charge in [-0.05, 0) is 103 Å². The molecule has 0 unspecified atom stereocenters. The lowest BCUT2D eigenvalue weighted by atomic mass is 9.68. The van der Waals surface area contributed by atoms with E-state index in [1.165, 1.54) is 60.8 Å². The minimum absolute atomic E-state index is 0.531. The monoisotopic (exact) mass is 853 g/mol. The molecule has 1 aliphatic rings. The van der Waals surface area contributed by atoms with Gasteiger partial charge in [-0.15, -0.1) is 0 Å². The minimum Gasteiger partial charge on any atom is -0.455 e. The Labute approximate surface area is 390 Å². The fourth-order valence-corrected chi connectivity index (χ4v) is 11.0. The Hall–Kier alpha value is -8.72. The van der Waals surface area contributed by atoms with Gasteiger partial charge < -0.3 is 9.32 Å². The van der Waals surface area contributed by atoms with E-state index in [0.717, 1.165) is 55.7 Å². The van der Waals surface area contributed by atoms with Gasteiger partial charge in [0.05, 0.1) is 11.1 Å². The summed E-state index contributed by atoms with van der Waals surface area (Å²) < 4.78 is 6.61. The van der Waals surface area contributed by atoms with Crippen LogP contribution in [-0.4, -0.2) is 0 Å². The van der Waals surface area contributed by atoms with Crippen molar-refractivity contribution in [3.8, 4) is 44.5 Å². The van der Waals surface area contributed by atoms with Crippen molar-refractivity contribution < 1.29 is 4.42 Å². The highest BCUT2D eigenvalue weighted by molar-refractivity contribution is 6.10. The molecule has 0 spiro atoms. The molecular formula is C65H43NO. The Morgan fingerprint density at radius 1 is 0.328 bits per heavy atom. The summed E-state index contributed by atoms with van der Waals surface area (Å²) in [7, 11) is 0. The summed E-state index contributed by atoms with van der Waals surface area (Å²) in [4.78, 5) is 2.46. The molecular weight excluding hydrogens is 811 g/mol. The third kappa shape index (κ3) is 6.18. The van der Waals surface area contributed by atoms with Crippen LogP contribution in [0.3, 0.4) is 0 Å². The maximum atomic E-state index is 6.61. The summed E-state index contributed by atoms with van der Waals surface area (Å²) in [5.41, 5.74) is 18.9. The molecule has 1 aliphatic carbocycles. The fraction of sp³-hybridized carbons (Fsp3) is 0.0154. The van der Waals surface area contributed by atoms with Gasteiger partial charge in [0.2, 0.25) is 0 Å². The highest BCUT2D eigenvalue weighted by Gasteiger charge is 2.47. The van der Waals surface area contributed by atoms with Gasteiger partial charge >= 0.3 is 0 Å². The topological polar surface area (TPSA) is 16.4 Å². The molecule has 314 valence electrons. The minimum atomic E-state index is -0.531. The largest absolute Gasteiger partial charge is 0.455 e. The van der Waals surface area contributed by atoms with E-state index in [4.69, 9.17) is 4.42 Å². The van der Waals surface area contributed by atoms with Crippen LogP contribution in [-0.2, 0) is 5.41 Å². The predicted molar refractivity (Wildman–Crippen MR) is 280 cm³/mol. The number of benzene rings is 11. The zero-order chi connectivity index (χ0) is 44.3. The van der Waals surface area contributed by atoms with Gasteiger partial charge in [-0.2, -0.15) is 0 Å². The molecule has 2 nitrogen and oxygen atoms in total. The van der Waals surface area contributed by atoms with Crippen LogP contribution in [0, 0.1) is 0 Å². The first kappa shape index (κ1) is 38.7. The Morgan fingerprint density at radius 2 is 0.881 bits per heavy atom. The fourth-order valence-electron chi connectivity index (χ4n) is 11.0. The third-order valence-corrected chi connectivity index (χ3v) is 14.0. The first-order valence-corrected chi connectivity index (χ1v) is 23.1. The summed E-state index contributed by atoms with van der Waals surface area (Å²) >= 11 is 0. The summed E-state index contributed by atoms with van der Waals surface area (Å²) in [5, 5.41) is 4.76. The van der Waals surface area contributed by atoms with Crippen molar-refractivity contribution in [3.63, 3.8) is 0 Å². The maximum Gasteiger partial charge on any atom is 0.143 e. The van der Waals surface area contributed by atoms with Crippen LogP contribution in [0.5, 0.6) is 0 Å². The number of nitrogens with zero attached hydrogens (tertiary/aromatic N) is 1. The zero-order valence-electron chi connectivity index (χ0n) is 36.7. The van der Waals surface area contributed by atoms with Crippen LogP contribution in [0.2, 0.25) is 0 Å². The first-order chi connectivity index (χ1) is 33.2. The molecule has 12 aromatic rings. The van der Waals surface area contributed by atoms with Gasteiger partial charge in [0.15, 0.2) is 0 Å². The molecule has 0 radical (unpaired) electrons. The average Bonchev–Trinajstić information content (AvgIpc) is 3.94. The van der Waals surface area contributed by atoms with Crippen molar-refractivity contribution in [2.45, 2.75) is 5.41 Å². The Bertz CT molecular complexity index is 3750. The van der Waals surface area contributed by atoms with Crippen LogP contribution >= 0.6 is 0 Å². The lowest BCUT2D eigenvalue weighted by molar-refractivity contribution is 0.670. The van der Waals surface area contributed by atoms with Crippen LogP contribution in [0.1, 0.15) is 22.3 Å². The van der Waals surface area contributed by atoms with Crippen molar-refractivity contribution in [2.75, 3.05) is 4.90 Å². The molecule has 2 heteroatoms. The Kier molecular flexibility index (Phi) is 9.11. The second-order valence-corrected chi connectivity index (χ2v) is 17.5. The second kappa shape index (κ2) is 15.8. The van der Waals surface area contributed by atoms with Crippen LogP contribution in [0.15, 0.2) is 265 Å². The van der Waals surface area contributed by atoms with E-state index in [9.17, 15) is 0 Å². The van der Waals surface area contributed by atoms with Gasteiger partial charge in [-0.1, -0.05) is 224 Å². The van der Waals surface area contributed by atoms with E-state index in [0.29, 0.717) is 0 Å². The SMILES string of the molecule is c1ccc(C2(c3ccccc3)c3ccccc3-c3c(N(c4ccc(-c5ccc(-c6cccc7ccccc67)cc5)cc4)c4cccc(-c5cccc6c5oc5ccccc56)c4)cccc32)cc1. The van der Waals surface area contributed by atoms with Gasteiger partial charge in [0.25, 0.3) is 0 Å². The number of para-hydroxylation sites is 2. The van der Waals surface area contributed by atoms with Gasteiger partial charge in [-0.25, -0.2) is 0 Å². The highest BCUT2D eigenvalue weighted by Crippen LogP contribution is 2.59. The standard InChI is InChI=1S/C65H43NO/c1-3-20-49(21-4-1)65(50-22-5-2-6-23-50)59-31-11-9-27-58(59)63-60(65)32-16-33-61(63)66(52-24-13-19-48(43-52)55-29-15-30-57-56-26-10-12-34-62(56)67-64(55)57)51-41-39-45(40-42-51)44-35-37-47(38-36-44)54-28-14-18-46-17-7-8-25-53(46)54/h1-43H. The van der Waals surface area contributed by atoms with E-state index in [-0.39, 0.29) is 0 Å². The summed E-state index contributed by atoms with van der Waals surface area (Å²) in [5.74, 6) is 0. The van der Waals surface area contributed by atoms with Crippen molar-refractivity contribution >= 4 is 49.8 Å². The highest BCUT2D eigenvalue weighted by atomic mass is 16.3. The molecule has 0 aliphatic heterocycles. The Morgan fingerprint density at radius 3 is 1.67 bits per heavy atom. The molecule has 13 rings (SSSR count). The number of fused-ring (bicyclic) bond motifs is 7. The molecule has 0 saturated carbocycles. The van der Waals surface area contributed by atoms with E-state index in [1.54, 1.807) is 0 Å². The number of hydrogen-bond acceptors (Lipinski definition) is 2. The molecule has 0 atom stereocenters. The van der Waals surface area contributed by atoms with Crippen molar-refractivity contribution in [1.29, 1.82) is 0 Å². The third-order valence-electron chi connectivity index (χ3n) is 14.0. The molecule has 67 heavy (non-hydrogen) atoms. The summed E-state index contributed by atoms with van der Waals surface area (Å²) in [6, 6.07) is 95.0. The zero-order valence-corrected chi connectivity index (χ0v) is 36.7. The molecule has 0 amide bonds. The molecule has 0 fully saturated rings. The van der Waals surface area contributed by atoms with E-state index in [2.05, 4.69) is 260 Å². The van der Waals surface area contributed by atoms with Gasteiger partial charge in [0.1, 0.15) is 11.2 Å².